The van der Waals surface area contributed by atoms with E-state index in [4.69, 9.17) is 0 Å². The lowest BCUT2D eigenvalue weighted by atomic mass is 10.0. The molecule has 464 valence electrons. The average Bonchev–Trinajstić information content (AvgIpc) is 3.42. The first kappa shape index (κ1) is 76.9. The van der Waals surface area contributed by atoms with Crippen LogP contribution in [0.1, 0.15) is 432 Å². The Hall–Kier alpha value is -0.130. The van der Waals surface area contributed by atoms with E-state index in [2.05, 4.69) is 20.8 Å². The highest BCUT2D eigenvalue weighted by atomic mass is 32.2. The predicted molar refractivity (Wildman–Crippen MR) is 347 cm³/mol. The Balaban J connectivity index is 4.59. The van der Waals surface area contributed by atoms with Crippen molar-refractivity contribution in [3.63, 3.8) is 0 Å². The Morgan fingerprint density at radius 2 is 0.312 bits per heavy atom. The lowest BCUT2D eigenvalue weighted by Crippen LogP contribution is -2.51. The topological polar surface area (TPSA) is 57.2 Å². The number of rotatable bonds is 70. The molecule has 0 rings (SSSR count). The molecule has 0 aliphatic carbocycles. The van der Waals surface area contributed by atoms with Crippen molar-refractivity contribution in [1.29, 1.82) is 0 Å². The fourth-order valence-electron chi connectivity index (χ4n) is 12.9. The minimum Gasteiger partial charge on any atom is -0.748 e. The number of quaternary nitrogens is 1. The van der Waals surface area contributed by atoms with Crippen molar-refractivity contribution in [2.45, 2.75) is 432 Å². The van der Waals surface area contributed by atoms with Crippen molar-refractivity contribution in [1.82, 2.24) is 0 Å². The van der Waals surface area contributed by atoms with Crippen molar-refractivity contribution in [3.8, 4) is 0 Å². The number of hydrogen-bond acceptors (Lipinski definition) is 3. The van der Waals surface area contributed by atoms with Gasteiger partial charge in [-0.2, -0.15) is 0 Å². The zero-order valence-corrected chi connectivity index (χ0v) is 54.7. The van der Waals surface area contributed by atoms with Gasteiger partial charge in [0.2, 0.25) is 0 Å². The van der Waals surface area contributed by atoms with Crippen LogP contribution >= 0.6 is 0 Å². The summed E-state index contributed by atoms with van der Waals surface area (Å²) in [4.78, 5) is 0. The van der Waals surface area contributed by atoms with E-state index in [9.17, 15) is 13.0 Å². The van der Waals surface area contributed by atoms with Crippen LogP contribution in [0.25, 0.3) is 0 Å². The van der Waals surface area contributed by atoms with Gasteiger partial charge in [-0.3, -0.25) is 0 Å². The van der Waals surface area contributed by atoms with E-state index in [0.29, 0.717) is 6.42 Å². The number of hydrogen-bond donors (Lipinski definition) is 0. The molecule has 0 amide bonds. The fraction of sp³-hybridized carbons (Fsp3) is 1.00. The van der Waals surface area contributed by atoms with Crippen LogP contribution in [-0.4, -0.2) is 49.4 Å². The molecule has 0 aromatic heterocycles. The SMILES string of the molecule is CCCCCCCCCCCCCCCCCCCCCCC[N+](CCCCCCCCCCCCCCCCCCCCCCC)(CCCCCCCCCCCCCCCCCCCCCCC)CCCS(=O)(=O)[O-]. The van der Waals surface area contributed by atoms with E-state index < -0.39 is 10.1 Å². The van der Waals surface area contributed by atoms with Crippen LogP contribution in [0.3, 0.4) is 0 Å². The minimum atomic E-state index is -4.17. The Labute approximate surface area is 488 Å². The molecule has 5 heteroatoms. The van der Waals surface area contributed by atoms with Gasteiger partial charge in [0.1, 0.15) is 0 Å². The van der Waals surface area contributed by atoms with E-state index in [1.807, 2.05) is 0 Å². The molecule has 0 aliphatic heterocycles. The van der Waals surface area contributed by atoms with Crippen LogP contribution in [0.4, 0.5) is 0 Å². The van der Waals surface area contributed by atoms with Crippen LogP contribution in [0.15, 0.2) is 0 Å². The zero-order chi connectivity index (χ0) is 55.8. The van der Waals surface area contributed by atoms with Gasteiger partial charge in [-0.25, -0.2) is 8.42 Å². The van der Waals surface area contributed by atoms with Crippen LogP contribution in [0, 0.1) is 0 Å². The Morgan fingerprint density at radius 3 is 0.442 bits per heavy atom. The van der Waals surface area contributed by atoms with Crippen molar-refractivity contribution >= 4 is 10.1 Å². The molecule has 0 saturated carbocycles. The van der Waals surface area contributed by atoms with E-state index in [1.165, 1.54) is 424 Å². The number of nitrogens with zero attached hydrogens (tertiary/aromatic N) is 1. The molecule has 0 saturated heterocycles. The van der Waals surface area contributed by atoms with Crippen molar-refractivity contribution in [3.05, 3.63) is 0 Å². The molecule has 0 spiro atoms. The van der Waals surface area contributed by atoms with Crippen LogP contribution in [0.5, 0.6) is 0 Å². The van der Waals surface area contributed by atoms with Gasteiger partial charge in [-0.05, 0) is 38.5 Å². The molecule has 0 bridgehead atoms. The van der Waals surface area contributed by atoms with Crippen molar-refractivity contribution in [2.24, 2.45) is 0 Å². The first-order chi connectivity index (χ1) is 37.9. The van der Waals surface area contributed by atoms with E-state index in [0.717, 1.165) is 11.0 Å². The van der Waals surface area contributed by atoms with Gasteiger partial charge >= 0.3 is 0 Å². The fourth-order valence-corrected chi connectivity index (χ4v) is 13.4. The predicted octanol–water partition coefficient (Wildman–Crippen LogP) is 25.4. The third-order valence-electron chi connectivity index (χ3n) is 18.2. The smallest absolute Gasteiger partial charge is 0.0948 e. The Morgan fingerprint density at radius 1 is 0.195 bits per heavy atom. The monoisotopic (exact) mass is 1110 g/mol. The third kappa shape index (κ3) is 64.9. The maximum atomic E-state index is 11.8. The molecule has 77 heavy (non-hydrogen) atoms. The maximum Gasteiger partial charge on any atom is 0.0948 e. The molecular formula is C72H147NO3S. The molecule has 0 N–H and O–H groups in total. The van der Waals surface area contributed by atoms with Gasteiger partial charge in [-0.15, -0.1) is 0 Å². The van der Waals surface area contributed by atoms with E-state index in [-0.39, 0.29) is 5.75 Å². The average molecular weight is 1110 g/mol. The van der Waals surface area contributed by atoms with Gasteiger partial charge in [0.05, 0.1) is 36.3 Å². The normalized spacial score (nSPS) is 12.2. The lowest BCUT2D eigenvalue weighted by molar-refractivity contribution is -0.928. The summed E-state index contributed by atoms with van der Waals surface area (Å²) in [6, 6.07) is 0. The summed E-state index contributed by atoms with van der Waals surface area (Å²) in [6.45, 7) is 11.3. The first-order valence-electron chi connectivity index (χ1n) is 36.7. The molecule has 0 heterocycles. The second kappa shape index (κ2) is 65.0. The largest absolute Gasteiger partial charge is 0.748 e. The van der Waals surface area contributed by atoms with Crippen LogP contribution in [-0.2, 0) is 10.1 Å². The third-order valence-corrected chi connectivity index (χ3v) is 19.0. The van der Waals surface area contributed by atoms with E-state index >= 15 is 0 Å². The molecule has 0 aromatic carbocycles. The van der Waals surface area contributed by atoms with Gasteiger partial charge in [0.15, 0.2) is 0 Å². The van der Waals surface area contributed by atoms with Crippen LogP contribution in [0.2, 0.25) is 0 Å². The molecule has 4 nitrogen and oxygen atoms in total. The molecule has 0 aromatic rings. The highest BCUT2D eigenvalue weighted by Crippen LogP contribution is 2.23. The van der Waals surface area contributed by atoms with Gasteiger partial charge in [0, 0.05) is 12.2 Å². The summed E-state index contributed by atoms with van der Waals surface area (Å²) < 4.78 is 36.5. The summed E-state index contributed by atoms with van der Waals surface area (Å²) in [5.41, 5.74) is 0. The van der Waals surface area contributed by atoms with E-state index in [1.54, 1.807) is 0 Å². The summed E-state index contributed by atoms with van der Waals surface area (Å²) in [5.74, 6) is -0.190. The molecule has 0 fully saturated rings. The highest BCUT2D eigenvalue weighted by Gasteiger charge is 2.26. The molecular weight excluding hydrogens is 959 g/mol. The lowest BCUT2D eigenvalue weighted by Gasteiger charge is -2.40. The second-order valence-corrected chi connectivity index (χ2v) is 27.6. The summed E-state index contributed by atoms with van der Waals surface area (Å²) >= 11 is 0. The summed E-state index contributed by atoms with van der Waals surface area (Å²) in [5, 5.41) is 0. The van der Waals surface area contributed by atoms with Crippen molar-refractivity contribution < 1.29 is 17.5 Å². The van der Waals surface area contributed by atoms with Gasteiger partial charge in [-0.1, -0.05) is 387 Å². The van der Waals surface area contributed by atoms with Crippen molar-refractivity contribution in [2.75, 3.05) is 31.9 Å². The Bertz CT molecular complexity index is 1060. The highest BCUT2D eigenvalue weighted by molar-refractivity contribution is 7.85. The number of unbranched alkanes of at least 4 members (excludes halogenated alkanes) is 60. The second-order valence-electron chi connectivity index (χ2n) is 26.1. The summed E-state index contributed by atoms with van der Waals surface area (Å²) in [6.07, 6.45) is 89.4. The van der Waals surface area contributed by atoms with Crippen LogP contribution < -0.4 is 0 Å². The molecule has 0 aliphatic rings. The zero-order valence-electron chi connectivity index (χ0n) is 53.9. The first-order valence-corrected chi connectivity index (χ1v) is 38.3. The summed E-state index contributed by atoms with van der Waals surface area (Å²) in [7, 11) is -4.17. The quantitative estimate of drug-likeness (QED) is 0.0346. The molecule has 0 radical (unpaired) electrons. The Kier molecular flexibility index (Phi) is 64.9. The molecule has 0 unspecified atom stereocenters. The van der Waals surface area contributed by atoms with Gasteiger partial charge < -0.3 is 9.04 Å². The maximum absolute atomic E-state index is 11.8. The standard InChI is InChI=1S/C72H147NO3S/c1-4-7-10-13-16-19-22-25-28-31-34-37-40-43-46-49-52-55-58-61-64-68-73(71-67-72-77(74,75)76,69-65-62-59-56-53-50-47-44-41-38-35-32-29-26-23-20-17-14-11-8-5-2)70-66-63-60-57-54-51-48-45-42-39-36-33-30-27-24-21-18-15-12-9-6-3/h4-72H2,1-3H3. The minimum absolute atomic E-state index is 0.190. The molecule has 0 atom stereocenters. The van der Waals surface area contributed by atoms with Gasteiger partial charge in [0.25, 0.3) is 0 Å².